The molecule has 0 amide bonds. The Bertz CT molecular complexity index is 302. The summed E-state index contributed by atoms with van der Waals surface area (Å²) in [5.41, 5.74) is 0. The first-order valence-corrected chi connectivity index (χ1v) is 15.3. The minimum Gasteiger partial charge on any atom is -0.380 e. The Morgan fingerprint density at radius 2 is 0.588 bits per heavy atom. The minimum absolute atomic E-state index is 0.823. The number of nitrogens with zero attached hydrogens (tertiary/aromatic N) is 1. The van der Waals surface area contributed by atoms with Crippen molar-refractivity contribution in [3.8, 4) is 0 Å². The fourth-order valence-corrected chi connectivity index (χ4v) is 4.18. The molecule has 34 heavy (non-hydrogen) atoms. The Labute approximate surface area is 214 Å². The molecule has 0 heterocycles. The fourth-order valence-electron chi connectivity index (χ4n) is 4.18. The lowest BCUT2D eigenvalue weighted by molar-refractivity contribution is 0.0506. The van der Waals surface area contributed by atoms with Crippen molar-refractivity contribution in [1.82, 2.24) is 4.90 Å². The van der Waals surface area contributed by atoms with Gasteiger partial charge in [0.05, 0.1) is 19.8 Å². The van der Waals surface area contributed by atoms with Crippen LogP contribution in [-0.4, -0.2) is 64.2 Å². The molecular weight excluding hydrogens is 422 g/mol. The molecule has 0 aromatic rings. The van der Waals surface area contributed by atoms with Gasteiger partial charge in [0, 0.05) is 39.5 Å². The molecule has 0 spiro atoms. The number of ether oxygens (including phenoxy) is 3. The zero-order chi connectivity index (χ0) is 24.8. The molecule has 0 aromatic heterocycles. The van der Waals surface area contributed by atoms with Crippen LogP contribution < -0.4 is 0 Å². The quantitative estimate of drug-likeness (QED) is 0.0955. The Kier molecular flexibility index (Phi) is 30.7. The maximum atomic E-state index is 5.93. The molecule has 0 N–H and O–H groups in total. The third-order valence-electron chi connectivity index (χ3n) is 6.58. The standard InChI is InChI=1S/C30H63NO3/c1-4-7-10-13-16-19-25-32-28-22-31(23-29-33-26-20-17-14-11-8-5-2)24-30-34-27-21-18-15-12-9-6-3/h4-30H2,1-3H3. The van der Waals surface area contributed by atoms with Crippen molar-refractivity contribution in [3.63, 3.8) is 0 Å². The highest BCUT2D eigenvalue weighted by molar-refractivity contribution is 4.58. The number of unbranched alkanes of at least 4 members (excludes halogenated alkanes) is 15. The van der Waals surface area contributed by atoms with Crippen LogP contribution in [0, 0.1) is 0 Å². The van der Waals surface area contributed by atoms with Crippen LogP contribution in [0.5, 0.6) is 0 Å². The largest absolute Gasteiger partial charge is 0.380 e. The second kappa shape index (κ2) is 30.9. The lowest BCUT2D eigenvalue weighted by Crippen LogP contribution is -2.34. The molecule has 0 saturated heterocycles. The van der Waals surface area contributed by atoms with Gasteiger partial charge in [-0.05, 0) is 19.3 Å². The number of rotatable bonds is 30. The van der Waals surface area contributed by atoms with Gasteiger partial charge in [0.25, 0.3) is 0 Å². The van der Waals surface area contributed by atoms with Gasteiger partial charge in [0.1, 0.15) is 0 Å². The van der Waals surface area contributed by atoms with Crippen molar-refractivity contribution in [2.45, 2.75) is 136 Å². The van der Waals surface area contributed by atoms with Crippen LogP contribution in [0.2, 0.25) is 0 Å². The topological polar surface area (TPSA) is 30.9 Å². The average Bonchev–Trinajstić information content (AvgIpc) is 2.85. The van der Waals surface area contributed by atoms with Crippen LogP contribution in [0.25, 0.3) is 0 Å². The van der Waals surface area contributed by atoms with Crippen molar-refractivity contribution in [2.24, 2.45) is 0 Å². The van der Waals surface area contributed by atoms with Crippen LogP contribution in [0.3, 0.4) is 0 Å². The van der Waals surface area contributed by atoms with Gasteiger partial charge < -0.3 is 14.2 Å². The Hall–Kier alpha value is -0.160. The summed E-state index contributed by atoms with van der Waals surface area (Å²) in [4.78, 5) is 2.46. The van der Waals surface area contributed by atoms with Crippen molar-refractivity contribution in [3.05, 3.63) is 0 Å². The van der Waals surface area contributed by atoms with Gasteiger partial charge in [0.15, 0.2) is 0 Å². The van der Waals surface area contributed by atoms with E-state index in [1.807, 2.05) is 0 Å². The van der Waals surface area contributed by atoms with Gasteiger partial charge in [-0.1, -0.05) is 117 Å². The van der Waals surface area contributed by atoms with E-state index in [4.69, 9.17) is 14.2 Å². The van der Waals surface area contributed by atoms with Crippen LogP contribution in [0.15, 0.2) is 0 Å². The Morgan fingerprint density at radius 1 is 0.324 bits per heavy atom. The Morgan fingerprint density at radius 3 is 0.882 bits per heavy atom. The lowest BCUT2D eigenvalue weighted by atomic mass is 10.1. The second-order valence-corrected chi connectivity index (χ2v) is 9.98. The molecule has 0 aromatic carbocycles. The Balaban J connectivity index is 3.85. The van der Waals surface area contributed by atoms with Crippen molar-refractivity contribution in [2.75, 3.05) is 59.3 Å². The molecule has 0 atom stereocenters. The van der Waals surface area contributed by atoms with Crippen LogP contribution in [0.4, 0.5) is 0 Å². The van der Waals surface area contributed by atoms with E-state index in [-0.39, 0.29) is 0 Å². The summed E-state index contributed by atoms with van der Waals surface area (Å²) in [6.07, 6.45) is 23.8. The van der Waals surface area contributed by atoms with E-state index in [0.717, 1.165) is 59.3 Å². The molecule has 4 nitrogen and oxygen atoms in total. The van der Waals surface area contributed by atoms with Gasteiger partial charge in [0.2, 0.25) is 0 Å². The normalized spacial score (nSPS) is 11.6. The summed E-state index contributed by atoms with van der Waals surface area (Å²) >= 11 is 0. The van der Waals surface area contributed by atoms with E-state index in [1.165, 1.54) is 116 Å². The highest BCUT2D eigenvalue weighted by atomic mass is 16.5. The molecule has 206 valence electrons. The van der Waals surface area contributed by atoms with Gasteiger partial charge in [-0.15, -0.1) is 0 Å². The van der Waals surface area contributed by atoms with Crippen LogP contribution in [-0.2, 0) is 14.2 Å². The minimum atomic E-state index is 0.823. The smallest absolute Gasteiger partial charge is 0.0593 e. The van der Waals surface area contributed by atoms with Gasteiger partial charge in [-0.3, -0.25) is 4.90 Å². The molecule has 0 radical (unpaired) electrons. The predicted molar refractivity (Wildman–Crippen MR) is 149 cm³/mol. The molecule has 0 fully saturated rings. The molecule has 0 aliphatic carbocycles. The number of hydrogen-bond acceptors (Lipinski definition) is 4. The third kappa shape index (κ3) is 28.1. The summed E-state index contributed by atoms with van der Waals surface area (Å²) in [6.45, 7) is 15.0. The van der Waals surface area contributed by atoms with Crippen LogP contribution in [0.1, 0.15) is 136 Å². The molecule has 0 aliphatic heterocycles. The first-order chi connectivity index (χ1) is 16.8. The van der Waals surface area contributed by atoms with E-state index in [0.29, 0.717) is 0 Å². The highest BCUT2D eigenvalue weighted by Gasteiger charge is 2.06. The molecule has 0 aliphatic rings. The first kappa shape index (κ1) is 33.8. The summed E-state index contributed by atoms with van der Waals surface area (Å²) < 4.78 is 17.8. The maximum Gasteiger partial charge on any atom is 0.0593 e. The molecule has 0 saturated carbocycles. The van der Waals surface area contributed by atoms with Gasteiger partial charge in [-0.25, -0.2) is 0 Å². The molecule has 0 rings (SSSR count). The summed E-state index contributed by atoms with van der Waals surface area (Å²) in [6, 6.07) is 0. The summed E-state index contributed by atoms with van der Waals surface area (Å²) in [7, 11) is 0. The molecule has 0 unspecified atom stereocenters. The lowest BCUT2D eigenvalue weighted by Gasteiger charge is -2.22. The summed E-state index contributed by atoms with van der Waals surface area (Å²) in [5.74, 6) is 0. The highest BCUT2D eigenvalue weighted by Crippen LogP contribution is 2.07. The zero-order valence-corrected chi connectivity index (χ0v) is 23.8. The molecule has 4 heteroatoms. The summed E-state index contributed by atoms with van der Waals surface area (Å²) in [5, 5.41) is 0. The van der Waals surface area contributed by atoms with E-state index >= 15 is 0 Å². The fraction of sp³-hybridized carbons (Fsp3) is 1.00. The maximum absolute atomic E-state index is 5.93. The van der Waals surface area contributed by atoms with E-state index in [9.17, 15) is 0 Å². The molecular formula is C30H63NO3. The monoisotopic (exact) mass is 485 g/mol. The predicted octanol–water partition coefficient (Wildman–Crippen LogP) is 8.42. The van der Waals surface area contributed by atoms with E-state index < -0.39 is 0 Å². The van der Waals surface area contributed by atoms with Crippen molar-refractivity contribution < 1.29 is 14.2 Å². The third-order valence-corrected chi connectivity index (χ3v) is 6.58. The van der Waals surface area contributed by atoms with E-state index in [1.54, 1.807) is 0 Å². The molecule has 0 bridgehead atoms. The van der Waals surface area contributed by atoms with E-state index in [2.05, 4.69) is 25.7 Å². The first-order valence-electron chi connectivity index (χ1n) is 15.3. The SMILES string of the molecule is CCCCCCCCOCCN(CCOCCCCCCCC)CCOCCCCCCCC. The van der Waals surface area contributed by atoms with Crippen molar-refractivity contribution >= 4 is 0 Å². The number of hydrogen-bond donors (Lipinski definition) is 0. The van der Waals surface area contributed by atoms with Gasteiger partial charge >= 0.3 is 0 Å². The zero-order valence-electron chi connectivity index (χ0n) is 23.8. The second-order valence-electron chi connectivity index (χ2n) is 9.98. The van der Waals surface area contributed by atoms with Crippen molar-refractivity contribution in [1.29, 1.82) is 0 Å². The van der Waals surface area contributed by atoms with Crippen LogP contribution >= 0.6 is 0 Å². The van der Waals surface area contributed by atoms with Gasteiger partial charge in [-0.2, -0.15) is 0 Å². The average molecular weight is 486 g/mol.